The number of ether oxygens (including phenoxy) is 1. The third-order valence-corrected chi connectivity index (χ3v) is 6.15. The predicted octanol–water partition coefficient (Wildman–Crippen LogP) is 1.94. The number of amides is 2. The molecule has 1 aromatic carbocycles. The number of nitrogens with one attached hydrogen (secondary N) is 2. The van der Waals surface area contributed by atoms with Gasteiger partial charge in [0.25, 0.3) is 0 Å². The Bertz CT molecular complexity index is 874. The summed E-state index contributed by atoms with van der Waals surface area (Å²) >= 11 is 0. The fourth-order valence-corrected chi connectivity index (χ4v) is 4.02. The first-order valence-electron chi connectivity index (χ1n) is 9.79. The van der Waals surface area contributed by atoms with Crippen molar-refractivity contribution < 1.29 is 32.3 Å². The standard InChI is InChI=1S/C20H22F3N3O4/c1-24-17(28)13(3-2-4-27)16-14(21)5-11(6-15(16)22)26-7-12(8-26)30-18(29)25-20-9-19(20,23)10-20/h4-6,12-13H,2-3,7-10H2,1H3,(H,24,28)(H,25,29). The highest BCUT2D eigenvalue weighted by Crippen LogP contribution is 2.73. The molecule has 10 heteroatoms. The molecule has 2 N–H and O–H groups in total. The summed E-state index contributed by atoms with van der Waals surface area (Å²) < 4.78 is 48.1. The highest BCUT2D eigenvalue weighted by Gasteiger charge is 2.87. The summed E-state index contributed by atoms with van der Waals surface area (Å²) in [6.45, 7) is 0.479. The van der Waals surface area contributed by atoms with E-state index in [-0.39, 0.29) is 37.2 Å². The molecule has 2 saturated carbocycles. The van der Waals surface area contributed by atoms with E-state index in [4.69, 9.17) is 4.74 Å². The first kappa shape index (κ1) is 20.5. The largest absolute Gasteiger partial charge is 0.442 e. The number of alkyl carbamates (subject to hydrolysis) is 1. The summed E-state index contributed by atoms with van der Waals surface area (Å²) in [6.07, 6.45) is 0.0685. The number of aldehydes is 1. The molecule has 0 radical (unpaired) electrons. The average molecular weight is 425 g/mol. The molecule has 162 valence electrons. The Kier molecular flexibility index (Phi) is 4.90. The van der Waals surface area contributed by atoms with Gasteiger partial charge in [0.15, 0.2) is 0 Å². The minimum Gasteiger partial charge on any atom is -0.442 e. The van der Waals surface area contributed by atoms with E-state index in [1.54, 1.807) is 4.90 Å². The molecule has 1 saturated heterocycles. The van der Waals surface area contributed by atoms with Crippen LogP contribution in [-0.4, -0.2) is 55.7 Å². The minimum absolute atomic E-state index is 0.00324. The minimum atomic E-state index is -1.26. The van der Waals surface area contributed by atoms with E-state index in [0.717, 1.165) is 12.1 Å². The Balaban J connectivity index is 1.37. The topological polar surface area (TPSA) is 87.7 Å². The number of hydrogen-bond acceptors (Lipinski definition) is 5. The molecule has 0 bridgehead atoms. The van der Waals surface area contributed by atoms with E-state index in [9.17, 15) is 27.6 Å². The number of nitrogens with zero attached hydrogens (tertiary/aromatic N) is 1. The van der Waals surface area contributed by atoms with Crippen LogP contribution < -0.4 is 15.5 Å². The summed E-state index contributed by atoms with van der Waals surface area (Å²) in [5, 5.41) is 4.89. The lowest BCUT2D eigenvalue weighted by atomic mass is 9.92. The summed E-state index contributed by atoms with van der Waals surface area (Å²) in [5.41, 5.74) is -2.12. The number of fused-ring (bicyclic) bond motifs is 1. The Labute approximate surface area is 170 Å². The fourth-order valence-electron chi connectivity index (χ4n) is 4.02. The van der Waals surface area contributed by atoms with E-state index >= 15 is 0 Å². The number of likely N-dealkylation sites (N-methyl/N-ethyl adjacent to an activating group) is 1. The van der Waals surface area contributed by atoms with Crippen LogP contribution in [-0.2, 0) is 14.3 Å². The summed E-state index contributed by atoms with van der Waals surface area (Å²) in [4.78, 5) is 36.1. The van der Waals surface area contributed by atoms with Crippen molar-refractivity contribution in [1.29, 1.82) is 0 Å². The van der Waals surface area contributed by atoms with Crippen LogP contribution in [0.5, 0.6) is 0 Å². The molecule has 1 atom stereocenters. The molecule has 0 aromatic heterocycles. The van der Waals surface area contributed by atoms with Crippen molar-refractivity contribution in [2.75, 3.05) is 25.0 Å². The normalized spacial score (nSPS) is 27.4. The van der Waals surface area contributed by atoms with Crippen LogP contribution in [0.15, 0.2) is 12.1 Å². The lowest BCUT2D eigenvalue weighted by Gasteiger charge is -2.40. The fraction of sp³-hybridized carbons (Fsp3) is 0.550. The van der Waals surface area contributed by atoms with Crippen LogP contribution in [0.2, 0.25) is 0 Å². The van der Waals surface area contributed by atoms with Crippen LogP contribution in [0.25, 0.3) is 0 Å². The maximum Gasteiger partial charge on any atom is 0.408 e. The summed E-state index contributed by atoms with van der Waals surface area (Å²) in [7, 11) is 1.36. The Morgan fingerprint density at radius 2 is 1.90 bits per heavy atom. The van der Waals surface area contributed by atoms with E-state index in [2.05, 4.69) is 10.6 Å². The number of rotatable bonds is 8. The highest BCUT2D eigenvalue weighted by atomic mass is 19.2. The molecule has 1 heterocycles. The van der Waals surface area contributed by atoms with Gasteiger partial charge < -0.3 is 25.1 Å². The molecule has 1 aliphatic heterocycles. The van der Waals surface area contributed by atoms with Gasteiger partial charge in [-0.25, -0.2) is 18.0 Å². The Morgan fingerprint density at radius 1 is 1.30 bits per heavy atom. The molecule has 1 unspecified atom stereocenters. The maximum absolute atomic E-state index is 14.7. The third-order valence-electron chi connectivity index (χ3n) is 6.15. The van der Waals surface area contributed by atoms with Gasteiger partial charge in [0.2, 0.25) is 5.91 Å². The average Bonchev–Trinajstić information content (AvgIpc) is 3.42. The number of benzene rings is 1. The zero-order valence-corrected chi connectivity index (χ0v) is 16.3. The van der Waals surface area contributed by atoms with Crippen molar-refractivity contribution in [3.8, 4) is 0 Å². The molecule has 2 amide bonds. The first-order valence-corrected chi connectivity index (χ1v) is 9.79. The van der Waals surface area contributed by atoms with E-state index in [0.29, 0.717) is 19.1 Å². The van der Waals surface area contributed by atoms with Gasteiger partial charge >= 0.3 is 6.09 Å². The van der Waals surface area contributed by atoms with Gasteiger partial charge in [-0.3, -0.25) is 4.79 Å². The molecule has 2 aliphatic carbocycles. The molecule has 30 heavy (non-hydrogen) atoms. The molecule has 1 aromatic rings. The molecule has 7 nitrogen and oxygen atoms in total. The second-order valence-electron chi connectivity index (χ2n) is 8.19. The predicted molar refractivity (Wildman–Crippen MR) is 99.9 cm³/mol. The van der Waals surface area contributed by atoms with Crippen molar-refractivity contribution in [3.63, 3.8) is 0 Å². The smallest absolute Gasteiger partial charge is 0.408 e. The number of hydrogen-bond donors (Lipinski definition) is 2. The number of carbonyl (C=O) groups excluding carboxylic acids is 3. The number of alkyl halides is 1. The van der Waals surface area contributed by atoms with Crippen LogP contribution in [0.1, 0.15) is 37.2 Å². The van der Waals surface area contributed by atoms with Crippen LogP contribution in [0.3, 0.4) is 0 Å². The number of halogens is 3. The van der Waals surface area contributed by atoms with Gasteiger partial charge in [-0.2, -0.15) is 0 Å². The maximum atomic E-state index is 14.7. The number of carbonyl (C=O) groups is 3. The molecular formula is C20H22F3N3O4. The second-order valence-corrected chi connectivity index (χ2v) is 8.19. The van der Waals surface area contributed by atoms with Crippen molar-refractivity contribution in [2.24, 2.45) is 0 Å². The monoisotopic (exact) mass is 425 g/mol. The number of anilines is 1. The van der Waals surface area contributed by atoms with Crippen LogP contribution in [0.4, 0.5) is 23.7 Å². The molecule has 3 aliphatic rings. The van der Waals surface area contributed by atoms with Crippen molar-refractivity contribution in [3.05, 3.63) is 29.3 Å². The quantitative estimate of drug-likeness (QED) is 0.622. The first-order chi connectivity index (χ1) is 14.2. The van der Waals surface area contributed by atoms with Crippen molar-refractivity contribution in [1.82, 2.24) is 10.6 Å². The van der Waals surface area contributed by atoms with E-state index < -0.39 is 46.9 Å². The Morgan fingerprint density at radius 3 is 2.40 bits per heavy atom. The van der Waals surface area contributed by atoms with Gasteiger partial charge in [-0.1, -0.05) is 0 Å². The lowest BCUT2D eigenvalue weighted by molar-refractivity contribution is -0.122. The summed E-state index contributed by atoms with van der Waals surface area (Å²) in [5.74, 6) is -3.45. The van der Waals surface area contributed by atoms with Gasteiger partial charge in [0.1, 0.15) is 29.7 Å². The molecule has 4 rings (SSSR count). The van der Waals surface area contributed by atoms with Crippen LogP contribution in [0, 0.1) is 11.6 Å². The highest BCUT2D eigenvalue weighted by molar-refractivity contribution is 5.84. The molecular weight excluding hydrogens is 403 g/mol. The molecule has 0 spiro atoms. The Hall–Kier alpha value is -2.78. The van der Waals surface area contributed by atoms with E-state index in [1.807, 2.05) is 0 Å². The van der Waals surface area contributed by atoms with Gasteiger partial charge in [-0.05, 0) is 18.6 Å². The summed E-state index contributed by atoms with van der Waals surface area (Å²) in [6, 6.07) is 2.24. The van der Waals surface area contributed by atoms with Crippen LogP contribution >= 0.6 is 0 Å². The zero-order chi connectivity index (χ0) is 21.7. The van der Waals surface area contributed by atoms with Crippen molar-refractivity contribution in [2.45, 2.75) is 48.9 Å². The third kappa shape index (κ3) is 3.48. The van der Waals surface area contributed by atoms with Gasteiger partial charge in [-0.15, -0.1) is 0 Å². The van der Waals surface area contributed by atoms with Gasteiger partial charge in [0.05, 0.1) is 24.5 Å². The van der Waals surface area contributed by atoms with E-state index in [1.165, 1.54) is 7.05 Å². The second kappa shape index (κ2) is 7.17. The van der Waals surface area contributed by atoms with Gasteiger partial charge in [0, 0.05) is 37.6 Å². The van der Waals surface area contributed by atoms with Crippen molar-refractivity contribution >= 4 is 24.0 Å². The lowest BCUT2D eigenvalue weighted by Crippen LogP contribution is -2.54. The molecule has 3 fully saturated rings. The zero-order valence-electron chi connectivity index (χ0n) is 16.3. The SMILES string of the molecule is CNC(=O)C(CCC=O)c1c(F)cc(N2CC(OC(=O)NC34CC3(F)C4)C2)cc1F.